The first-order valence-corrected chi connectivity index (χ1v) is 9.95. The SMILES string of the molecule is COCc1cccc(-n2nc(C(=O)N[C@H](C)c3cccc(C(F)(F)CO)c3F)ccc2=O)c1. The van der Waals surface area contributed by atoms with E-state index in [1.54, 1.807) is 24.3 Å². The first kappa shape index (κ1) is 24.1. The van der Waals surface area contributed by atoms with Crippen LogP contribution in [0.2, 0.25) is 0 Å². The second-order valence-corrected chi connectivity index (χ2v) is 7.34. The van der Waals surface area contributed by atoms with E-state index in [4.69, 9.17) is 9.84 Å². The third-order valence-corrected chi connectivity index (χ3v) is 4.93. The number of aromatic nitrogens is 2. The number of carbonyl (C=O) groups excluding carboxylic acids is 1. The largest absolute Gasteiger partial charge is 0.390 e. The molecule has 2 aromatic carbocycles. The Bertz CT molecular complexity index is 1210. The fraction of sp³-hybridized carbons (Fsp3) is 0.261. The number of alkyl halides is 2. The van der Waals surface area contributed by atoms with E-state index < -0.39 is 41.4 Å². The number of aliphatic hydroxyl groups excluding tert-OH is 1. The second-order valence-electron chi connectivity index (χ2n) is 7.34. The van der Waals surface area contributed by atoms with Crippen molar-refractivity contribution in [2.45, 2.75) is 25.5 Å². The van der Waals surface area contributed by atoms with Crippen molar-refractivity contribution in [3.63, 3.8) is 0 Å². The minimum Gasteiger partial charge on any atom is -0.390 e. The second kappa shape index (κ2) is 9.97. The molecule has 0 saturated heterocycles. The standard InChI is InChI=1S/C23H22F3N3O4/c1-14(17-7-4-8-18(21(17)24)23(25,26)13-30)27-22(32)19-9-10-20(31)29(28-19)16-6-3-5-15(11-16)12-33-2/h3-11,14,30H,12-13H2,1-2H3,(H,27,32)/t14-/m1/s1. The molecule has 0 aliphatic rings. The predicted molar refractivity (Wildman–Crippen MR) is 114 cm³/mol. The van der Waals surface area contributed by atoms with Gasteiger partial charge in [-0.15, -0.1) is 0 Å². The zero-order valence-corrected chi connectivity index (χ0v) is 17.9. The van der Waals surface area contributed by atoms with Crippen molar-refractivity contribution in [1.82, 2.24) is 15.1 Å². The average Bonchev–Trinajstić information content (AvgIpc) is 2.79. The molecule has 0 bridgehead atoms. The summed E-state index contributed by atoms with van der Waals surface area (Å²) in [5, 5.41) is 15.4. The summed E-state index contributed by atoms with van der Waals surface area (Å²) in [5.41, 5.74) is -0.541. The summed E-state index contributed by atoms with van der Waals surface area (Å²) in [7, 11) is 1.53. The molecule has 0 unspecified atom stereocenters. The summed E-state index contributed by atoms with van der Waals surface area (Å²) < 4.78 is 48.4. The Labute approximate surface area is 187 Å². The van der Waals surface area contributed by atoms with Crippen molar-refractivity contribution < 1.29 is 27.8 Å². The summed E-state index contributed by atoms with van der Waals surface area (Å²) in [6, 6.07) is 11.6. The molecule has 0 radical (unpaired) electrons. The maximum atomic E-state index is 14.7. The van der Waals surface area contributed by atoms with Gasteiger partial charge in [-0.3, -0.25) is 9.59 Å². The quantitative estimate of drug-likeness (QED) is 0.538. The van der Waals surface area contributed by atoms with Crippen molar-refractivity contribution in [1.29, 1.82) is 0 Å². The highest BCUT2D eigenvalue weighted by Crippen LogP contribution is 2.32. The van der Waals surface area contributed by atoms with Crippen LogP contribution >= 0.6 is 0 Å². The van der Waals surface area contributed by atoms with Crippen LogP contribution in [0.15, 0.2) is 59.4 Å². The smallest absolute Gasteiger partial charge is 0.298 e. The number of halogens is 3. The van der Waals surface area contributed by atoms with Crippen LogP contribution in [-0.4, -0.2) is 34.5 Å². The number of rotatable bonds is 8. The number of hydrogen-bond acceptors (Lipinski definition) is 5. The van der Waals surface area contributed by atoms with E-state index in [0.717, 1.165) is 16.3 Å². The molecular weight excluding hydrogens is 439 g/mol. The van der Waals surface area contributed by atoms with Crippen LogP contribution in [0, 0.1) is 5.82 Å². The van der Waals surface area contributed by atoms with E-state index in [0.29, 0.717) is 12.3 Å². The highest BCUT2D eigenvalue weighted by molar-refractivity contribution is 5.92. The minimum atomic E-state index is -3.77. The van der Waals surface area contributed by atoms with Crippen molar-refractivity contribution in [3.8, 4) is 5.69 Å². The number of amides is 1. The van der Waals surface area contributed by atoms with E-state index >= 15 is 0 Å². The first-order chi connectivity index (χ1) is 15.7. The van der Waals surface area contributed by atoms with Gasteiger partial charge >= 0.3 is 0 Å². The highest BCUT2D eigenvalue weighted by Gasteiger charge is 2.35. The van der Waals surface area contributed by atoms with Crippen LogP contribution in [0.1, 0.15) is 40.1 Å². The Morgan fingerprint density at radius 2 is 1.94 bits per heavy atom. The van der Waals surface area contributed by atoms with Crippen LogP contribution < -0.4 is 10.9 Å². The third kappa shape index (κ3) is 5.29. The van der Waals surface area contributed by atoms with Gasteiger partial charge in [0.25, 0.3) is 17.4 Å². The van der Waals surface area contributed by atoms with Gasteiger partial charge in [-0.05, 0) is 36.8 Å². The fourth-order valence-electron chi connectivity index (χ4n) is 3.26. The molecule has 0 fully saturated rings. The molecule has 1 amide bonds. The average molecular weight is 461 g/mol. The van der Waals surface area contributed by atoms with Gasteiger partial charge in [0.05, 0.1) is 23.9 Å². The number of nitrogens with zero attached hydrogens (tertiary/aromatic N) is 2. The predicted octanol–water partition coefficient (Wildman–Crippen LogP) is 3.09. The molecule has 174 valence electrons. The molecule has 0 aliphatic heterocycles. The van der Waals surface area contributed by atoms with Gasteiger partial charge in [0.15, 0.2) is 0 Å². The van der Waals surface area contributed by atoms with Crippen molar-refractivity contribution >= 4 is 5.91 Å². The fourth-order valence-corrected chi connectivity index (χ4v) is 3.26. The molecule has 7 nitrogen and oxygen atoms in total. The molecule has 1 atom stereocenters. The first-order valence-electron chi connectivity index (χ1n) is 9.95. The van der Waals surface area contributed by atoms with Crippen molar-refractivity contribution in [3.05, 3.63) is 93.2 Å². The Kier molecular flexibility index (Phi) is 7.29. The maximum absolute atomic E-state index is 14.7. The van der Waals surface area contributed by atoms with Gasteiger partial charge in [-0.2, -0.15) is 18.6 Å². The summed E-state index contributed by atoms with van der Waals surface area (Å²) in [6.07, 6.45) is 0. The number of benzene rings is 2. The Morgan fingerprint density at radius 1 is 1.21 bits per heavy atom. The van der Waals surface area contributed by atoms with E-state index in [1.807, 2.05) is 0 Å². The van der Waals surface area contributed by atoms with E-state index in [2.05, 4.69) is 10.4 Å². The Morgan fingerprint density at radius 3 is 2.64 bits per heavy atom. The normalized spacial score (nSPS) is 12.4. The van der Waals surface area contributed by atoms with E-state index in [9.17, 15) is 22.8 Å². The third-order valence-electron chi connectivity index (χ3n) is 4.93. The van der Waals surface area contributed by atoms with Gasteiger partial charge < -0.3 is 15.2 Å². The van der Waals surface area contributed by atoms with Crippen LogP contribution in [0.3, 0.4) is 0 Å². The lowest BCUT2D eigenvalue weighted by atomic mass is 10.0. The van der Waals surface area contributed by atoms with Crippen molar-refractivity contribution in [2.24, 2.45) is 0 Å². The van der Waals surface area contributed by atoms with Gasteiger partial charge in [-0.25, -0.2) is 4.39 Å². The highest BCUT2D eigenvalue weighted by atomic mass is 19.3. The summed E-state index contributed by atoms with van der Waals surface area (Å²) in [4.78, 5) is 25.0. The zero-order chi connectivity index (χ0) is 24.2. The number of carbonyl (C=O) groups is 1. The van der Waals surface area contributed by atoms with E-state index in [1.165, 1.54) is 38.3 Å². The monoisotopic (exact) mass is 461 g/mol. The number of ether oxygens (including phenoxy) is 1. The lowest BCUT2D eigenvalue weighted by Gasteiger charge is -2.20. The number of aliphatic hydroxyl groups is 1. The lowest BCUT2D eigenvalue weighted by molar-refractivity contribution is -0.0584. The number of nitrogens with one attached hydrogen (secondary N) is 1. The zero-order valence-electron chi connectivity index (χ0n) is 17.9. The van der Waals surface area contributed by atoms with Crippen LogP contribution in [0.25, 0.3) is 5.69 Å². The molecule has 3 rings (SSSR count). The van der Waals surface area contributed by atoms with E-state index in [-0.39, 0.29) is 11.3 Å². The lowest BCUT2D eigenvalue weighted by Crippen LogP contribution is -2.31. The Hall–Kier alpha value is -3.50. The van der Waals surface area contributed by atoms with Crippen molar-refractivity contribution in [2.75, 3.05) is 13.7 Å². The molecule has 0 saturated carbocycles. The summed E-state index contributed by atoms with van der Waals surface area (Å²) in [6.45, 7) is 0.187. The van der Waals surface area contributed by atoms with Gasteiger partial charge in [-0.1, -0.05) is 24.3 Å². The molecule has 2 N–H and O–H groups in total. The molecule has 1 heterocycles. The van der Waals surface area contributed by atoms with Crippen LogP contribution in [0.4, 0.5) is 13.2 Å². The Balaban J connectivity index is 1.87. The summed E-state index contributed by atoms with van der Waals surface area (Å²) >= 11 is 0. The molecular formula is C23H22F3N3O4. The molecule has 33 heavy (non-hydrogen) atoms. The molecule has 10 heteroatoms. The molecule has 0 spiro atoms. The number of methoxy groups -OCH3 is 1. The van der Waals surface area contributed by atoms with Gasteiger partial charge in [0, 0.05) is 18.7 Å². The van der Waals surface area contributed by atoms with Crippen LogP contribution in [-0.2, 0) is 17.3 Å². The van der Waals surface area contributed by atoms with Gasteiger partial charge in [0.2, 0.25) is 0 Å². The number of hydrogen-bond donors (Lipinski definition) is 2. The topological polar surface area (TPSA) is 93.5 Å². The maximum Gasteiger partial charge on any atom is 0.298 e. The molecule has 3 aromatic rings. The van der Waals surface area contributed by atoms with Crippen LogP contribution in [0.5, 0.6) is 0 Å². The molecule has 0 aliphatic carbocycles. The molecule has 1 aromatic heterocycles. The minimum absolute atomic E-state index is 0.129. The van der Waals surface area contributed by atoms with Gasteiger partial charge in [0.1, 0.15) is 18.1 Å². The summed E-state index contributed by atoms with van der Waals surface area (Å²) in [5.74, 6) is -5.72.